The summed E-state index contributed by atoms with van der Waals surface area (Å²) >= 11 is 0. The first-order valence-corrected chi connectivity index (χ1v) is 6.93. The number of carboxylic acid groups (broad SMARTS) is 1. The Hall–Kier alpha value is -1.76. The van der Waals surface area contributed by atoms with Crippen molar-refractivity contribution in [3.05, 3.63) is 29.1 Å². The van der Waals surface area contributed by atoms with E-state index in [2.05, 4.69) is 10.3 Å². The van der Waals surface area contributed by atoms with Gasteiger partial charge in [0.2, 0.25) is 0 Å². The molecule has 1 atom stereocenters. The summed E-state index contributed by atoms with van der Waals surface area (Å²) < 4.78 is 10.8. The fourth-order valence-electron chi connectivity index (χ4n) is 1.31. The van der Waals surface area contributed by atoms with Crippen molar-refractivity contribution in [3.63, 3.8) is 0 Å². The van der Waals surface area contributed by atoms with Gasteiger partial charge in [-0.05, 0) is 19.1 Å². The van der Waals surface area contributed by atoms with Crippen LogP contribution in [0.15, 0.2) is 12.1 Å². The van der Waals surface area contributed by atoms with Gasteiger partial charge in [-0.2, -0.15) is 0 Å². The summed E-state index contributed by atoms with van der Waals surface area (Å²) in [5, 5.41) is 11.4. The van der Waals surface area contributed by atoms with Crippen LogP contribution in [0.5, 0.6) is 0 Å². The van der Waals surface area contributed by atoms with E-state index in [9.17, 15) is 13.8 Å². The van der Waals surface area contributed by atoms with Crippen LogP contribution in [0.25, 0.3) is 0 Å². The van der Waals surface area contributed by atoms with Gasteiger partial charge >= 0.3 is 5.97 Å². The first kappa shape index (κ1) is 14.3. The summed E-state index contributed by atoms with van der Waals surface area (Å²) in [4.78, 5) is 26.3. The molecule has 6 nitrogen and oxygen atoms in total. The first-order valence-electron chi connectivity index (χ1n) is 5.21. The second-order valence-electron chi connectivity index (χ2n) is 3.67. The minimum atomic E-state index is -1.08. The molecule has 7 heteroatoms. The van der Waals surface area contributed by atoms with Gasteiger partial charge in [-0.25, -0.2) is 9.78 Å². The Kier molecular flexibility index (Phi) is 4.96. The maximum Gasteiger partial charge on any atom is 0.337 e. The van der Waals surface area contributed by atoms with Gasteiger partial charge in [-0.15, -0.1) is 0 Å². The molecular formula is C11H14N2O4S. The van der Waals surface area contributed by atoms with Gasteiger partial charge in [0, 0.05) is 29.4 Å². The molecule has 0 aliphatic rings. The molecule has 0 fully saturated rings. The number of carbonyl (C=O) groups is 2. The zero-order valence-corrected chi connectivity index (χ0v) is 10.9. The number of carboxylic acids is 1. The van der Waals surface area contributed by atoms with Crippen molar-refractivity contribution in [2.75, 3.05) is 18.6 Å². The number of aromatic nitrogens is 1. The molecule has 0 aromatic carbocycles. The molecule has 1 rings (SSSR count). The zero-order valence-electron chi connectivity index (χ0n) is 10.1. The van der Waals surface area contributed by atoms with Crippen LogP contribution in [-0.2, 0) is 10.8 Å². The minimum Gasteiger partial charge on any atom is -0.478 e. The van der Waals surface area contributed by atoms with E-state index < -0.39 is 22.7 Å². The lowest BCUT2D eigenvalue weighted by Gasteiger charge is -2.05. The first-order chi connectivity index (χ1) is 8.41. The molecule has 0 radical (unpaired) electrons. The molecule has 18 heavy (non-hydrogen) atoms. The van der Waals surface area contributed by atoms with Crippen molar-refractivity contribution in [2.45, 2.75) is 6.92 Å². The normalized spacial score (nSPS) is 11.9. The van der Waals surface area contributed by atoms with E-state index >= 15 is 0 Å². The van der Waals surface area contributed by atoms with Crippen LogP contribution in [0.1, 0.15) is 26.5 Å². The van der Waals surface area contributed by atoms with E-state index in [1.165, 1.54) is 19.1 Å². The van der Waals surface area contributed by atoms with Crippen LogP contribution in [0.3, 0.4) is 0 Å². The summed E-state index contributed by atoms with van der Waals surface area (Å²) in [7, 11) is -0.965. The number of aryl methyl sites for hydroxylation is 1. The van der Waals surface area contributed by atoms with E-state index in [4.69, 9.17) is 5.11 Å². The SMILES string of the molecule is Cc1nc(C(=O)NCCS(C)=O)ccc1C(=O)O. The Bertz CT molecular complexity index is 502. The highest BCUT2D eigenvalue weighted by Gasteiger charge is 2.12. The van der Waals surface area contributed by atoms with E-state index in [-0.39, 0.29) is 17.0 Å². The zero-order chi connectivity index (χ0) is 13.7. The second-order valence-corrected chi connectivity index (χ2v) is 5.22. The third kappa shape index (κ3) is 3.92. The number of amides is 1. The number of hydrogen-bond donors (Lipinski definition) is 2. The average Bonchev–Trinajstić information content (AvgIpc) is 2.27. The van der Waals surface area contributed by atoms with Gasteiger partial charge in [-0.3, -0.25) is 9.00 Å². The standard InChI is InChI=1S/C11H14N2O4S/c1-7-8(11(15)16)3-4-9(13-7)10(14)12-5-6-18(2)17/h3-4H,5-6H2,1-2H3,(H,12,14)(H,15,16). The molecule has 0 aliphatic carbocycles. The van der Waals surface area contributed by atoms with Gasteiger partial charge < -0.3 is 10.4 Å². The topological polar surface area (TPSA) is 96.4 Å². The van der Waals surface area contributed by atoms with Crippen molar-refractivity contribution in [3.8, 4) is 0 Å². The summed E-state index contributed by atoms with van der Waals surface area (Å²) in [5.74, 6) is -1.10. The molecule has 0 aliphatic heterocycles. The maximum atomic E-state index is 11.6. The highest BCUT2D eigenvalue weighted by atomic mass is 32.2. The highest BCUT2D eigenvalue weighted by molar-refractivity contribution is 7.84. The van der Waals surface area contributed by atoms with Crippen LogP contribution >= 0.6 is 0 Å². The monoisotopic (exact) mass is 270 g/mol. The van der Waals surface area contributed by atoms with Crippen molar-refractivity contribution in [1.29, 1.82) is 0 Å². The van der Waals surface area contributed by atoms with Gasteiger partial charge in [0.15, 0.2) is 0 Å². The quantitative estimate of drug-likeness (QED) is 0.796. The minimum absolute atomic E-state index is 0.0706. The van der Waals surface area contributed by atoms with Crippen LogP contribution in [0.4, 0.5) is 0 Å². The Balaban J connectivity index is 2.72. The molecule has 98 valence electrons. The van der Waals surface area contributed by atoms with Crippen LogP contribution < -0.4 is 5.32 Å². The van der Waals surface area contributed by atoms with Gasteiger partial charge in [-0.1, -0.05) is 0 Å². The summed E-state index contributed by atoms with van der Waals surface area (Å²) in [6.07, 6.45) is 1.55. The van der Waals surface area contributed by atoms with Crippen LogP contribution in [0, 0.1) is 6.92 Å². The van der Waals surface area contributed by atoms with Crippen LogP contribution in [0.2, 0.25) is 0 Å². The van der Waals surface area contributed by atoms with E-state index in [1.807, 2.05) is 0 Å². The van der Waals surface area contributed by atoms with Gasteiger partial charge in [0.05, 0.1) is 11.3 Å². The Labute approximate surface area is 107 Å². The average molecular weight is 270 g/mol. The Morgan fingerprint density at radius 3 is 2.61 bits per heavy atom. The van der Waals surface area contributed by atoms with E-state index in [0.29, 0.717) is 12.3 Å². The maximum absolute atomic E-state index is 11.6. The molecule has 0 spiro atoms. The fraction of sp³-hybridized carbons (Fsp3) is 0.364. The van der Waals surface area contributed by atoms with Gasteiger partial charge in [0.1, 0.15) is 5.69 Å². The fourth-order valence-corrected chi connectivity index (χ4v) is 1.70. The molecular weight excluding hydrogens is 256 g/mol. The number of nitrogens with one attached hydrogen (secondary N) is 1. The molecule has 2 N–H and O–H groups in total. The molecule has 0 saturated heterocycles. The molecule has 1 heterocycles. The third-order valence-corrected chi connectivity index (χ3v) is 3.00. The molecule has 0 bridgehead atoms. The van der Waals surface area contributed by atoms with E-state index in [1.54, 1.807) is 6.26 Å². The lowest BCUT2D eigenvalue weighted by molar-refractivity contribution is 0.0694. The van der Waals surface area contributed by atoms with Gasteiger partial charge in [0.25, 0.3) is 5.91 Å². The Morgan fingerprint density at radius 2 is 2.11 bits per heavy atom. The molecule has 1 unspecified atom stereocenters. The number of carbonyl (C=O) groups excluding carboxylic acids is 1. The number of hydrogen-bond acceptors (Lipinski definition) is 4. The van der Waals surface area contributed by atoms with Crippen LogP contribution in [-0.4, -0.2) is 44.7 Å². The molecule has 1 aromatic rings. The third-order valence-electron chi connectivity index (χ3n) is 2.22. The van der Waals surface area contributed by atoms with Crippen molar-refractivity contribution >= 4 is 22.7 Å². The lowest BCUT2D eigenvalue weighted by atomic mass is 10.2. The molecule has 0 saturated carbocycles. The molecule has 1 aromatic heterocycles. The lowest BCUT2D eigenvalue weighted by Crippen LogP contribution is -2.28. The highest BCUT2D eigenvalue weighted by Crippen LogP contribution is 2.06. The van der Waals surface area contributed by atoms with Crippen molar-refractivity contribution < 1.29 is 18.9 Å². The second kappa shape index (κ2) is 6.25. The number of aromatic carboxylic acids is 1. The predicted molar refractivity (Wildman–Crippen MR) is 67.2 cm³/mol. The van der Waals surface area contributed by atoms with Crippen molar-refractivity contribution in [1.82, 2.24) is 10.3 Å². The number of nitrogens with zero attached hydrogens (tertiary/aromatic N) is 1. The summed E-state index contributed by atoms with van der Waals surface area (Å²) in [6.45, 7) is 1.82. The molecule has 1 amide bonds. The summed E-state index contributed by atoms with van der Waals surface area (Å²) in [6, 6.07) is 2.70. The smallest absolute Gasteiger partial charge is 0.337 e. The Morgan fingerprint density at radius 1 is 1.44 bits per heavy atom. The number of rotatable bonds is 5. The number of pyridine rings is 1. The van der Waals surface area contributed by atoms with Crippen molar-refractivity contribution in [2.24, 2.45) is 0 Å². The largest absolute Gasteiger partial charge is 0.478 e. The van der Waals surface area contributed by atoms with E-state index in [0.717, 1.165) is 0 Å². The predicted octanol–water partition coefficient (Wildman–Crippen LogP) is 0.197. The summed E-state index contributed by atoms with van der Waals surface area (Å²) in [5.41, 5.74) is 0.509.